The Morgan fingerprint density at radius 2 is 2.19 bits per heavy atom. The van der Waals surface area contributed by atoms with Crippen LogP contribution in [0.4, 0.5) is 5.82 Å². The maximum Gasteiger partial charge on any atom is 0.200 e. The minimum absolute atomic E-state index is 0.688. The van der Waals surface area contributed by atoms with Crippen molar-refractivity contribution in [1.82, 2.24) is 25.3 Å². The summed E-state index contributed by atoms with van der Waals surface area (Å²) in [7, 11) is 0. The van der Waals surface area contributed by atoms with Crippen molar-refractivity contribution in [3.05, 3.63) is 12.1 Å². The van der Waals surface area contributed by atoms with Gasteiger partial charge in [0.1, 0.15) is 0 Å². The van der Waals surface area contributed by atoms with Crippen molar-refractivity contribution < 1.29 is 0 Å². The summed E-state index contributed by atoms with van der Waals surface area (Å²) in [5, 5.41) is 15.6. The Kier molecular flexibility index (Phi) is 2.61. The molecule has 0 aliphatic carbocycles. The molecule has 1 fully saturated rings. The van der Waals surface area contributed by atoms with Crippen molar-refractivity contribution in [2.75, 3.05) is 29.5 Å². The maximum atomic E-state index is 4.40. The molecule has 2 aromatic heterocycles. The lowest BCUT2D eigenvalue weighted by Gasteiger charge is -2.20. The smallest absolute Gasteiger partial charge is 0.200 e. The topological polar surface area (TPSA) is 59.2 Å². The van der Waals surface area contributed by atoms with Crippen LogP contribution in [0.3, 0.4) is 0 Å². The first-order chi connectivity index (χ1) is 7.93. The number of fused-ring (bicyclic) bond motifs is 1. The van der Waals surface area contributed by atoms with Gasteiger partial charge in [0.05, 0.1) is 0 Å². The number of hydrogen-bond acceptors (Lipinski definition) is 6. The number of anilines is 1. The first kappa shape index (κ1) is 9.83. The molecule has 0 radical (unpaired) electrons. The molecule has 0 N–H and O–H groups in total. The van der Waals surface area contributed by atoms with Crippen molar-refractivity contribution in [3.8, 4) is 0 Å². The van der Waals surface area contributed by atoms with Crippen molar-refractivity contribution in [3.63, 3.8) is 0 Å². The van der Waals surface area contributed by atoms with Crippen LogP contribution in [0.2, 0.25) is 0 Å². The van der Waals surface area contributed by atoms with E-state index in [0.29, 0.717) is 5.65 Å². The van der Waals surface area contributed by atoms with Gasteiger partial charge in [-0.15, -0.1) is 14.8 Å². The maximum absolute atomic E-state index is 4.40. The van der Waals surface area contributed by atoms with Gasteiger partial charge >= 0.3 is 0 Å². The first-order valence-electron chi connectivity index (χ1n) is 5.31. The molecular formula is C9H12N6S. The largest absolute Gasteiger partial charge is 0.354 e. The van der Waals surface area contributed by atoms with Crippen molar-refractivity contribution in [2.45, 2.75) is 6.42 Å². The fraction of sp³-hybridized carbons (Fsp3) is 0.556. The van der Waals surface area contributed by atoms with E-state index in [0.717, 1.165) is 24.7 Å². The van der Waals surface area contributed by atoms with Crippen LogP contribution >= 0.6 is 11.8 Å². The van der Waals surface area contributed by atoms with Gasteiger partial charge in [-0.05, 0) is 34.7 Å². The average molecular weight is 236 g/mol. The average Bonchev–Trinajstić information content (AvgIpc) is 2.61. The fourth-order valence-electron chi connectivity index (χ4n) is 1.78. The lowest BCUT2D eigenvalue weighted by atomic mass is 10.4. The van der Waals surface area contributed by atoms with Crippen molar-refractivity contribution in [1.29, 1.82) is 0 Å². The summed E-state index contributed by atoms with van der Waals surface area (Å²) < 4.78 is 1.48. The van der Waals surface area contributed by atoms with Crippen LogP contribution in [-0.2, 0) is 0 Å². The van der Waals surface area contributed by atoms with Gasteiger partial charge in [0.15, 0.2) is 11.5 Å². The van der Waals surface area contributed by atoms with E-state index >= 15 is 0 Å². The van der Waals surface area contributed by atoms with E-state index < -0.39 is 0 Å². The molecule has 16 heavy (non-hydrogen) atoms. The molecular weight excluding hydrogens is 224 g/mol. The summed E-state index contributed by atoms with van der Waals surface area (Å²) in [6.45, 7) is 2.11. The number of hydrogen-bond donors (Lipinski definition) is 0. The Morgan fingerprint density at radius 1 is 1.19 bits per heavy atom. The predicted molar refractivity (Wildman–Crippen MR) is 62.7 cm³/mol. The minimum atomic E-state index is 0.688. The lowest BCUT2D eigenvalue weighted by molar-refractivity contribution is 0.708. The van der Waals surface area contributed by atoms with Gasteiger partial charge in [-0.2, -0.15) is 11.8 Å². The fourth-order valence-corrected chi connectivity index (χ4v) is 2.67. The van der Waals surface area contributed by atoms with Gasteiger partial charge in [0.2, 0.25) is 0 Å². The molecule has 0 saturated carbocycles. The number of tetrazole rings is 1. The highest BCUT2D eigenvalue weighted by molar-refractivity contribution is 7.99. The molecule has 1 saturated heterocycles. The molecule has 3 rings (SSSR count). The first-order valence-corrected chi connectivity index (χ1v) is 6.47. The quantitative estimate of drug-likeness (QED) is 0.717. The van der Waals surface area contributed by atoms with Crippen LogP contribution in [0.15, 0.2) is 12.1 Å². The van der Waals surface area contributed by atoms with Crippen LogP contribution in [-0.4, -0.2) is 49.8 Å². The zero-order chi connectivity index (χ0) is 10.8. The van der Waals surface area contributed by atoms with Crippen LogP contribution in [0, 0.1) is 0 Å². The predicted octanol–water partition coefficient (Wildman–Crippen LogP) is 0.463. The van der Waals surface area contributed by atoms with Crippen LogP contribution in [0.25, 0.3) is 5.65 Å². The second-order valence-corrected chi connectivity index (χ2v) is 4.90. The SMILES string of the molecule is c1cc2nnnn2nc1N1CCCSCC1. The molecule has 1 aliphatic heterocycles. The molecule has 0 unspecified atom stereocenters. The summed E-state index contributed by atoms with van der Waals surface area (Å²) in [6, 6.07) is 3.89. The highest BCUT2D eigenvalue weighted by Gasteiger charge is 2.12. The summed E-state index contributed by atoms with van der Waals surface area (Å²) in [5.41, 5.74) is 0.688. The summed E-state index contributed by atoms with van der Waals surface area (Å²) in [6.07, 6.45) is 1.21. The highest BCUT2D eigenvalue weighted by Crippen LogP contribution is 2.16. The zero-order valence-corrected chi connectivity index (χ0v) is 9.60. The van der Waals surface area contributed by atoms with Crippen molar-refractivity contribution in [2.24, 2.45) is 0 Å². The van der Waals surface area contributed by atoms with Crippen LogP contribution in [0.1, 0.15) is 6.42 Å². The Labute approximate surface area is 97.0 Å². The van der Waals surface area contributed by atoms with E-state index in [1.54, 1.807) is 0 Å². The van der Waals surface area contributed by atoms with Gasteiger partial charge < -0.3 is 4.90 Å². The van der Waals surface area contributed by atoms with E-state index in [4.69, 9.17) is 0 Å². The molecule has 3 heterocycles. The van der Waals surface area contributed by atoms with E-state index in [2.05, 4.69) is 25.5 Å². The molecule has 0 atom stereocenters. The molecule has 1 aliphatic rings. The van der Waals surface area contributed by atoms with E-state index in [-0.39, 0.29) is 0 Å². The van der Waals surface area contributed by atoms with E-state index in [1.165, 1.54) is 16.8 Å². The molecule has 7 heteroatoms. The summed E-state index contributed by atoms with van der Waals surface area (Å²) in [4.78, 5) is 2.29. The molecule has 0 bridgehead atoms. The normalized spacial score (nSPS) is 17.6. The number of thioether (sulfide) groups is 1. The third-order valence-electron chi connectivity index (χ3n) is 2.60. The summed E-state index contributed by atoms with van der Waals surface area (Å²) in [5.74, 6) is 3.36. The Morgan fingerprint density at radius 3 is 3.19 bits per heavy atom. The van der Waals surface area contributed by atoms with Crippen LogP contribution in [0.5, 0.6) is 0 Å². The number of rotatable bonds is 1. The summed E-state index contributed by atoms with van der Waals surface area (Å²) >= 11 is 2.00. The van der Waals surface area contributed by atoms with Gasteiger partial charge in [-0.3, -0.25) is 0 Å². The molecule has 6 nitrogen and oxygen atoms in total. The molecule has 84 valence electrons. The highest BCUT2D eigenvalue weighted by atomic mass is 32.2. The Balaban J connectivity index is 1.91. The molecule has 0 aromatic carbocycles. The van der Waals surface area contributed by atoms with E-state index in [9.17, 15) is 0 Å². The number of nitrogens with zero attached hydrogens (tertiary/aromatic N) is 6. The second-order valence-electron chi connectivity index (χ2n) is 3.67. The zero-order valence-electron chi connectivity index (χ0n) is 8.78. The number of aromatic nitrogens is 5. The monoisotopic (exact) mass is 236 g/mol. The Hall–Kier alpha value is -1.37. The van der Waals surface area contributed by atoms with Gasteiger partial charge in [-0.25, -0.2) is 0 Å². The molecule has 2 aromatic rings. The minimum Gasteiger partial charge on any atom is -0.354 e. The Bertz CT molecular complexity index is 476. The van der Waals surface area contributed by atoms with Gasteiger partial charge in [-0.1, -0.05) is 0 Å². The lowest BCUT2D eigenvalue weighted by Crippen LogP contribution is -2.27. The third-order valence-corrected chi connectivity index (χ3v) is 3.65. The second kappa shape index (κ2) is 4.25. The van der Waals surface area contributed by atoms with Crippen LogP contribution < -0.4 is 4.90 Å². The van der Waals surface area contributed by atoms with E-state index in [1.807, 2.05) is 23.9 Å². The standard InChI is InChI=1S/C9H12N6S/c1-4-14(5-7-16-6-1)9-3-2-8-10-12-13-15(8)11-9/h2-3H,1,4-7H2. The molecule has 0 amide bonds. The third kappa shape index (κ3) is 1.82. The molecule has 0 spiro atoms. The van der Waals surface area contributed by atoms with Gasteiger partial charge in [0.25, 0.3) is 0 Å². The van der Waals surface area contributed by atoms with Crippen molar-refractivity contribution >= 4 is 23.2 Å². The van der Waals surface area contributed by atoms with Gasteiger partial charge in [0, 0.05) is 18.8 Å².